The number of hydrogen-bond donors (Lipinski definition) is 1. The second-order valence-corrected chi connectivity index (χ2v) is 8.71. The van der Waals surface area contributed by atoms with Crippen LogP contribution in [0.15, 0.2) is 13.6 Å². The van der Waals surface area contributed by atoms with Crippen LogP contribution in [-0.4, -0.2) is 36.5 Å². The van der Waals surface area contributed by atoms with E-state index in [0.29, 0.717) is 12.0 Å². The van der Waals surface area contributed by atoms with E-state index in [0.717, 1.165) is 19.7 Å². The largest absolute Gasteiger partial charge is 0.348 e. The highest BCUT2D eigenvalue weighted by atomic mass is 79.9. The van der Waals surface area contributed by atoms with Crippen LogP contribution in [0.1, 0.15) is 23.2 Å². The molecule has 3 aliphatic rings. The molecule has 1 amide bonds. The molecule has 3 aliphatic heterocycles. The van der Waals surface area contributed by atoms with E-state index >= 15 is 0 Å². The lowest BCUT2D eigenvalue weighted by Crippen LogP contribution is -2.57. The SMILES string of the molecule is O=C(NC1CN2CCC1CC2)c1cc(Br)sc1Br. The van der Waals surface area contributed by atoms with Gasteiger partial charge in [0.2, 0.25) is 0 Å². The maximum Gasteiger partial charge on any atom is 0.253 e. The van der Waals surface area contributed by atoms with E-state index in [-0.39, 0.29) is 5.91 Å². The van der Waals surface area contributed by atoms with Crippen molar-refractivity contribution < 1.29 is 4.79 Å². The van der Waals surface area contributed by atoms with Gasteiger partial charge in [0, 0.05) is 12.6 Å². The molecule has 4 heterocycles. The zero-order chi connectivity index (χ0) is 12.7. The number of carbonyl (C=O) groups excluding carboxylic acids is 1. The lowest BCUT2D eigenvalue weighted by molar-refractivity contribution is 0.0620. The van der Waals surface area contributed by atoms with Gasteiger partial charge in [0.05, 0.1) is 13.1 Å². The van der Waals surface area contributed by atoms with E-state index in [9.17, 15) is 4.79 Å². The van der Waals surface area contributed by atoms with Gasteiger partial charge in [-0.25, -0.2) is 0 Å². The molecule has 1 aromatic rings. The molecule has 2 bridgehead atoms. The molecule has 0 saturated carbocycles. The van der Waals surface area contributed by atoms with Crippen LogP contribution in [0.25, 0.3) is 0 Å². The van der Waals surface area contributed by atoms with Crippen LogP contribution in [0.4, 0.5) is 0 Å². The highest BCUT2D eigenvalue weighted by molar-refractivity contribution is 9.12. The minimum atomic E-state index is 0.0441. The lowest BCUT2D eigenvalue weighted by Gasteiger charge is -2.44. The standard InChI is InChI=1S/C12H14Br2N2OS/c13-10-5-8(11(14)18-10)12(17)15-9-6-16-3-1-7(9)2-4-16/h5,7,9H,1-4,6H2,(H,15,17). The number of rotatable bonds is 2. The van der Waals surface area contributed by atoms with Crippen molar-refractivity contribution in [2.45, 2.75) is 18.9 Å². The van der Waals surface area contributed by atoms with Gasteiger partial charge in [0.1, 0.15) is 0 Å². The van der Waals surface area contributed by atoms with Crippen LogP contribution >= 0.6 is 43.2 Å². The summed E-state index contributed by atoms with van der Waals surface area (Å²) in [5.41, 5.74) is 0.739. The second kappa shape index (κ2) is 5.23. The van der Waals surface area contributed by atoms with Crippen LogP contribution in [-0.2, 0) is 0 Å². The summed E-state index contributed by atoms with van der Waals surface area (Å²) >= 11 is 8.39. The Morgan fingerprint density at radius 3 is 2.61 bits per heavy atom. The predicted molar refractivity (Wildman–Crippen MR) is 80.1 cm³/mol. The average molecular weight is 394 g/mol. The highest BCUT2D eigenvalue weighted by Crippen LogP contribution is 2.33. The smallest absolute Gasteiger partial charge is 0.253 e. The number of nitrogens with zero attached hydrogens (tertiary/aromatic N) is 1. The molecular formula is C12H14Br2N2OS. The summed E-state index contributed by atoms with van der Waals surface area (Å²) in [7, 11) is 0. The molecule has 4 rings (SSSR count). The molecule has 1 unspecified atom stereocenters. The molecule has 3 fully saturated rings. The first kappa shape index (κ1) is 13.1. The van der Waals surface area contributed by atoms with Crippen LogP contribution < -0.4 is 5.32 Å². The number of carbonyl (C=O) groups is 1. The van der Waals surface area contributed by atoms with Crippen molar-refractivity contribution in [2.24, 2.45) is 5.92 Å². The molecule has 6 heteroatoms. The van der Waals surface area contributed by atoms with E-state index in [1.165, 1.54) is 37.3 Å². The minimum Gasteiger partial charge on any atom is -0.348 e. The van der Waals surface area contributed by atoms with Gasteiger partial charge in [-0.3, -0.25) is 4.79 Å². The Bertz CT molecular complexity index is 469. The van der Waals surface area contributed by atoms with Gasteiger partial charge in [-0.2, -0.15) is 0 Å². The quantitative estimate of drug-likeness (QED) is 0.837. The van der Waals surface area contributed by atoms with E-state index in [1.54, 1.807) is 0 Å². The zero-order valence-corrected chi connectivity index (χ0v) is 13.8. The van der Waals surface area contributed by atoms with Crippen LogP contribution in [0.3, 0.4) is 0 Å². The molecule has 18 heavy (non-hydrogen) atoms. The Morgan fingerprint density at radius 2 is 2.11 bits per heavy atom. The van der Waals surface area contributed by atoms with E-state index in [4.69, 9.17) is 0 Å². The summed E-state index contributed by atoms with van der Waals surface area (Å²) < 4.78 is 1.88. The highest BCUT2D eigenvalue weighted by Gasteiger charge is 2.35. The number of piperidine rings is 3. The molecule has 3 saturated heterocycles. The molecular weight excluding hydrogens is 380 g/mol. The van der Waals surface area contributed by atoms with Gasteiger partial charge >= 0.3 is 0 Å². The summed E-state index contributed by atoms with van der Waals surface area (Å²) in [6.07, 6.45) is 2.44. The van der Waals surface area contributed by atoms with Gasteiger partial charge in [-0.1, -0.05) is 0 Å². The third-order valence-corrected chi connectivity index (χ3v) is 6.21. The van der Waals surface area contributed by atoms with Crippen molar-refractivity contribution in [2.75, 3.05) is 19.6 Å². The fraction of sp³-hybridized carbons (Fsp3) is 0.583. The summed E-state index contributed by atoms with van der Waals surface area (Å²) in [5, 5.41) is 3.20. The Morgan fingerprint density at radius 1 is 1.39 bits per heavy atom. The number of thiophene rings is 1. The number of nitrogens with one attached hydrogen (secondary N) is 1. The van der Waals surface area contributed by atoms with E-state index < -0.39 is 0 Å². The first-order chi connectivity index (χ1) is 8.63. The average Bonchev–Trinajstić information content (AvgIpc) is 2.70. The number of halogens is 2. The Labute approximate surface area is 127 Å². The lowest BCUT2D eigenvalue weighted by atomic mass is 9.84. The van der Waals surface area contributed by atoms with Crippen molar-refractivity contribution in [1.82, 2.24) is 10.2 Å². The Kier molecular flexibility index (Phi) is 3.80. The van der Waals surface area contributed by atoms with Crippen molar-refractivity contribution in [3.8, 4) is 0 Å². The van der Waals surface area contributed by atoms with Crippen LogP contribution in [0, 0.1) is 5.92 Å². The molecule has 1 atom stereocenters. The van der Waals surface area contributed by atoms with Gasteiger partial charge in [-0.05, 0) is 69.8 Å². The second-order valence-electron chi connectivity index (χ2n) is 4.96. The number of hydrogen-bond acceptors (Lipinski definition) is 3. The summed E-state index contributed by atoms with van der Waals surface area (Å²) in [6.45, 7) is 3.41. The number of amides is 1. The van der Waals surface area contributed by atoms with Crippen molar-refractivity contribution in [3.05, 3.63) is 19.2 Å². The normalized spacial score (nSPS) is 30.4. The van der Waals surface area contributed by atoms with E-state index in [1.807, 2.05) is 6.07 Å². The van der Waals surface area contributed by atoms with Crippen molar-refractivity contribution in [3.63, 3.8) is 0 Å². The fourth-order valence-electron chi connectivity index (χ4n) is 2.87. The molecule has 0 aliphatic carbocycles. The number of fused-ring (bicyclic) bond motifs is 3. The molecule has 0 aromatic carbocycles. The molecule has 1 aromatic heterocycles. The maximum atomic E-state index is 12.2. The molecule has 98 valence electrons. The van der Waals surface area contributed by atoms with Gasteiger partial charge < -0.3 is 10.2 Å². The van der Waals surface area contributed by atoms with Gasteiger partial charge in [0.25, 0.3) is 5.91 Å². The minimum absolute atomic E-state index is 0.0441. The summed E-state index contributed by atoms with van der Waals surface area (Å²) in [4.78, 5) is 14.7. The first-order valence-corrected chi connectivity index (χ1v) is 8.52. The molecule has 0 radical (unpaired) electrons. The fourth-order valence-corrected chi connectivity index (χ4v) is 5.66. The van der Waals surface area contributed by atoms with Gasteiger partial charge in [-0.15, -0.1) is 11.3 Å². The zero-order valence-electron chi connectivity index (χ0n) is 9.79. The molecule has 3 nitrogen and oxygen atoms in total. The van der Waals surface area contributed by atoms with Crippen molar-refractivity contribution >= 4 is 49.1 Å². The third kappa shape index (κ3) is 2.53. The predicted octanol–water partition coefficient (Wildman–Crippen LogP) is 3.10. The first-order valence-electron chi connectivity index (χ1n) is 6.11. The van der Waals surface area contributed by atoms with Crippen LogP contribution in [0.2, 0.25) is 0 Å². The van der Waals surface area contributed by atoms with Gasteiger partial charge in [0.15, 0.2) is 0 Å². The summed E-state index contributed by atoms with van der Waals surface area (Å²) in [5.74, 6) is 0.711. The molecule has 0 spiro atoms. The Hall–Kier alpha value is 0.0900. The molecule has 1 N–H and O–H groups in total. The Balaban J connectivity index is 1.69. The third-order valence-electron chi connectivity index (χ3n) is 3.87. The van der Waals surface area contributed by atoms with Crippen molar-refractivity contribution in [1.29, 1.82) is 0 Å². The maximum absolute atomic E-state index is 12.2. The van der Waals surface area contributed by atoms with E-state index in [2.05, 4.69) is 42.1 Å². The summed E-state index contributed by atoms with van der Waals surface area (Å²) in [6, 6.07) is 2.21. The monoisotopic (exact) mass is 392 g/mol. The van der Waals surface area contributed by atoms with Crippen LogP contribution in [0.5, 0.6) is 0 Å². The topological polar surface area (TPSA) is 32.3 Å².